The van der Waals surface area contributed by atoms with Gasteiger partial charge in [-0.05, 0) is 31.0 Å². The van der Waals surface area contributed by atoms with Crippen molar-refractivity contribution in [3.63, 3.8) is 0 Å². The zero-order valence-corrected chi connectivity index (χ0v) is 10.4. The normalized spacial score (nSPS) is 12.3. The molecule has 2 rings (SSSR count). The van der Waals surface area contributed by atoms with Crippen molar-refractivity contribution in [2.75, 3.05) is 12.1 Å². The number of Topliss-reactive ketones (excluding diaryl/α,β-unsaturated/α-hetero) is 1. The maximum atomic E-state index is 11.1. The number of aryl methyl sites for hydroxylation is 1. The summed E-state index contributed by atoms with van der Waals surface area (Å²) in [6.07, 6.45) is 1.09. The second-order valence-corrected chi connectivity index (χ2v) is 4.26. The topological polar surface area (TPSA) is 64.6 Å². The predicted molar refractivity (Wildman–Crippen MR) is 65.9 cm³/mol. The van der Waals surface area contributed by atoms with Crippen LogP contribution in [0.2, 0.25) is 0 Å². The Kier molecular flexibility index (Phi) is 3.50. The maximum absolute atomic E-state index is 11.1. The van der Waals surface area contributed by atoms with Crippen LogP contribution in [-0.2, 0) is 16.0 Å². The van der Waals surface area contributed by atoms with Gasteiger partial charge in [0.1, 0.15) is 5.78 Å². The standard InChI is InChI=1S/C13H15NO4/c1-8(15)3-4-10-5-11(14-9(2)16)13-12(6-10)17-7-18-13/h5-6H,3-4,7H2,1-2H3,(H,14,16). The first-order valence-electron chi connectivity index (χ1n) is 5.76. The van der Waals surface area contributed by atoms with Crippen molar-refractivity contribution in [1.29, 1.82) is 0 Å². The molecule has 1 aromatic rings. The van der Waals surface area contributed by atoms with E-state index >= 15 is 0 Å². The van der Waals surface area contributed by atoms with Crippen molar-refractivity contribution < 1.29 is 19.1 Å². The van der Waals surface area contributed by atoms with E-state index in [1.807, 2.05) is 12.1 Å². The summed E-state index contributed by atoms with van der Waals surface area (Å²) < 4.78 is 10.6. The summed E-state index contributed by atoms with van der Waals surface area (Å²) in [4.78, 5) is 22.1. The van der Waals surface area contributed by atoms with Crippen molar-refractivity contribution >= 4 is 17.4 Å². The van der Waals surface area contributed by atoms with Crippen LogP contribution in [0.1, 0.15) is 25.8 Å². The number of ether oxygens (including phenoxy) is 2. The van der Waals surface area contributed by atoms with Crippen LogP contribution in [0.15, 0.2) is 12.1 Å². The fourth-order valence-corrected chi connectivity index (χ4v) is 1.81. The smallest absolute Gasteiger partial charge is 0.231 e. The highest BCUT2D eigenvalue weighted by atomic mass is 16.7. The van der Waals surface area contributed by atoms with Gasteiger partial charge in [-0.25, -0.2) is 0 Å². The third-order valence-electron chi connectivity index (χ3n) is 2.61. The molecule has 1 aromatic carbocycles. The quantitative estimate of drug-likeness (QED) is 0.885. The largest absolute Gasteiger partial charge is 0.453 e. The number of hydrogen-bond acceptors (Lipinski definition) is 4. The number of carbonyl (C=O) groups excluding carboxylic acids is 2. The molecule has 0 aromatic heterocycles. The molecule has 18 heavy (non-hydrogen) atoms. The number of fused-ring (bicyclic) bond motifs is 1. The fraction of sp³-hybridized carbons (Fsp3) is 0.385. The van der Waals surface area contributed by atoms with Gasteiger partial charge in [-0.3, -0.25) is 4.79 Å². The van der Waals surface area contributed by atoms with Crippen molar-refractivity contribution in [3.8, 4) is 11.5 Å². The fourth-order valence-electron chi connectivity index (χ4n) is 1.81. The van der Waals surface area contributed by atoms with Crippen LogP contribution >= 0.6 is 0 Å². The Morgan fingerprint density at radius 2 is 2.06 bits per heavy atom. The highest BCUT2D eigenvalue weighted by Crippen LogP contribution is 2.40. The first kappa shape index (κ1) is 12.4. The van der Waals surface area contributed by atoms with Crippen molar-refractivity contribution in [3.05, 3.63) is 17.7 Å². The Hall–Kier alpha value is -2.04. The van der Waals surface area contributed by atoms with E-state index in [1.54, 1.807) is 6.92 Å². The number of benzene rings is 1. The molecule has 1 aliphatic rings. The van der Waals surface area contributed by atoms with E-state index in [0.29, 0.717) is 30.0 Å². The Balaban J connectivity index is 2.27. The van der Waals surface area contributed by atoms with E-state index in [4.69, 9.17) is 9.47 Å². The van der Waals surface area contributed by atoms with Crippen LogP contribution in [0.4, 0.5) is 5.69 Å². The minimum absolute atomic E-state index is 0.133. The van der Waals surface area contributed by atoms with Gasteiger partial charge >= 0.3 is 0 Å². The zero-order chi connectivity index (χ0) is 13.1. The van der Waals surface area contributed by atoms with Crippen LogP contribution in [0.5, 0.6) is 11.5 Å². The zero-order valence-electron chi connectivity index (χ0n) is 10.4. The lowest BCUT2D eigenvalue weighted by Gasteiger charge is -2.09. The highest BCUT2D eigenvalue weighted by molar-refractivity contribution is 5.91. The van der Waals surface area contributed by atoms with Crippen LogP contribution in [-0.4, -0.2) is 18.5 Å². The number of hydrogen-bond donors (Lipinski definition) is 1. The van der Waals surface area contributed by atoms with Gasteiger partial charge in [0, 0.05) is 13.3 Å². The average molecular weight is 249 g/mol. The predicted octanol–water partition coefficient (Wildman–Crippen LogP) is 1.90. The van der Waals surface area contributed by atoms with E-state index in [0.717, 1.165) is 5.56 Å². The van der Waals surface area contributed by atoms with Gasteiger partial charge in [0.15, 0.2) is 11.5 Å². The molecule has 0 unspecified atom stereocenters. The van der Waals surface area contributed by atoms with Crippen LogP contribution in [0.3, 0.4) is 0 Å². The summed E-state index contributed by atoms with van der Waals surface area (Å²) >= 11 is 0. The molecule has 0 saturated carbocycles. The summed E-state index contributed by atoms with van der Waals surface area (Å²) in [6.45, 7) is 3.14. The van der Waals surface area contributed by atoms with Gasteiger partial charge in [0.2, 0.25) is 12.7 Å². The van der Waals surface area contributed by atoms with Crippen molar-refractivity contribution in [2.24, 2.45) is 0 Å². The van der Waals surface area contributed by atoms with Crippen LogP contribution in [0.25, 0.3) is 0 Å². The van der Waals surface area contributed by atoms with Crippen LogP contribution < -0.4 is 14.8 Å². The van der Waals surface area contributed by atoms with Gasteiger partial charge in [0.05, 0.1) is 5.69 Å². The minimum atomic E-state index is -0.170. The van der Waals surface area contributed by atoms with Gasteiger partial charge in [-0.15, -0.1) is 0 Å². The van der Waals surface area contributed by atoms with E-state index < -0.39 is 0 Å². The highest BCUT2D eigenvalue weighted by Gasteiger charge is 2.20. The van der Waals surface area contributed by atoms with Gasteiger partial charge in [-0.2, -0.15) is 0 Å². The molecule has 0 bridgehead atoms. The van der Waals surface area contributed by atoms with Gasteiger partial charge in [0.25, 0.3) is 0 Å². The van der Waals surface area contributed by atoms with E-state index in [2.05, 4.69) is 5.32 Å². The lowest BCUT2D eigenvalue weighted by Crippen LogP contribution is -2.07. The SMILES string of the molecule is CC(=O)CCc1cc(NC(C)=O)c2c(c1)OCO2. The first-order chi connectivity index (χ1) is 8.56. The molecular weight excluding hydrogens is 234 g/mol. The summed E-state index contributed by atoms with van der Waals surface area (Å²) in [5, 5.41) is 2.70. The monoisotopic (exact) mass is 249 g/mol. The second kappa shape index (κ2) is 5.08. The molecule has 5 heteroatoms. The van der Waals surface area contributed by atoms with Crippen molar-refractivity contribution in [2.45, 2.75) is 26.7 Å². The Morgan fingerprint density at radius 3 is 2.72 bits per heavy atom. The van der Waals surface area contributed by atoms with Gasteiger partial charge in [-0.1, -0.05) is 0 Å². The molecule has 96 valence electrons. The molecule has 0 radical (unpaired) electrons. The average Bonchev–Trinajstić information content (AvgIpc) is 2.73. The number of amides is 1. The lowest BCUT2D eigenvalue weighted by molar-refractivity contribution is -0.117. The van der Waals surface area contributed by atoms with Gasteiger partial charge < -0.3 is 19.6 Å². The maximum Gasteiger partial charge on any atom is 0.231 e. The molecular formula is C13H15NO4. The summed E-state index contributed by atoms with van der Waals surface area (Å²) in [5.41, 5.74) is 1.54. The van der Waals surface area contributed by atoms with Crippen molar-refractivity contribution in [1.82, 2.24) is 0 Å². The third-order valence-corrected chi connectivity index (χ3v) is 2.61. The molecule has 0 fully saturated rings. The Bertz CT molecular complexity index is 496. The first-order valence-corrected chi connectivity index (χ1v) is 5.76. The molecule has 1 heterocycles. The molecule has 0 aliphatic carbocycles. The number of rotatable bonds is 4. The van der Waals surface area contributed by atoms with Crippen LogP contribution in [0, 0.1) is 0 Å². The lowest BCUT2D eigenvalue weighted by atomic mass is 10.1. The number of nitrogens with one attached hydrogen (secondary N) is 1. The minimum Gasteiger partial charge on any atom is -0.453 e. The molecule has 1 aliphatic heterocycles. The third kappa shape index (κ3) is 2.80. The second-order valence-electron chi connectivity index (χ2n) is 4.26. The summed E-state index contributed by atoms with van der Waals surface area (Å²) in [7, 11) is 0. The van der Waals surface area contributed by atoms with E-state index in [-0.39, 0.29) is 18.5 Å². The summed E-state index contributed by atoms with van der Waals surface area (Å²) in [5.74, 6) is 1.13. The molecule has 0 saturated heterocycles. The molecule has 1 amide bonds. The summed E-state index contributed by atoms with van der Waals surface area (Å²) in [6, 6.07) is 3.66. The van der Waals surface area contributed by atoms with E-state index in [9.17, 15) is 9.59 Å². The molecule has 5 nitrogen and oxygen atoms in total. The Labute approximate surface area is 105 Å². The number of carbonyl (C=O) groups is 2. The Morgan fingerprint density at radius 1 is 1.28 bits per heavy atom. The number of ketones is 1. The molecule has 1 N–H and O–H groups in total. The van der Waals surface area contributed by atoms with E-state index in [1.165, 1.54) is 6.92 Å². The number of anilines is 1. The molecule has 0 atom stereocenters. The molecule has 0 spiro atoms.